The summed E-state index contributed by atoms with van der Waals surface area (Å²) >= 11 is 6.39. The quantitative estimate of drug-likeness (QED) is 0.856. The van der Waals surface area contributed by atoms with Gasteiger partial charge in [-0.3, -0.25) is 4.79 Å². The van der Waals surface area contributed by atoms with Gasteiger partial charge in [-0.15, -0.1) is 0 Å². The summed E-state index contributed by atoms with van der Waals surface area (Å²) in [5.41, 5.74) is 3.39. The first kappa shape index (κ1) is 14.5. The third-order valence-electron chi connectivity index (χ3n) is 4.88. The van der Waals surface area contributed by atoms with Crippen LogP contribution in [-0.4, -0.2) is 18.1 Å². The van der Waals surface area contributed by atoms with Crippen LogP contribution in [0, 0.1) is 0 Å². The molecule has 3 nitrogen and oxygen atoms in total. The molecule has 21 heavy (non-hydrogen) atoms. The van der Waals surface area contributed by atoms with Gasteiger partial charge in [0, 0.05) is 22.0 Å². The van der Waals surface area contributed by atoms with Gasteiger partial charge in [0.1, 0.15) is 0 Å². The fourth-order valence-corrected chi connectivity index (χ4v) is 3.99. The number of rotatable bonds is 3. The Kier molecular flexibility index (Phi) is 3.70. The van der Waals surface area contributed by atoms with Gasteiger partial charge in [-0.1, -0.05) is 24.6 Å². The second-order valence-corrected chi connectivity index (χ2v) is 6.29. The summed E-state index contributed by atoms with van der Waals surface area (Å²) in [6.45, 7) is 2.14. The molecule has 0 saturated carbocycles. The van der Waals surface area contributed by atoms with Crippen LogP contribution in [0.1, 0.15) is 43.9 Å². The molecule has 1 aromatic heterocycles. The van der Waals surface area contributed by atoms with Crippen LogP contribution in [0.5, 0.6) is 0 Å². The van der Waals surface area contributed by atoms with E-state index in [9.17, 15) is 4.79 Å². The van der Waals surface area contributed by atoms with E-state index >= 15 is 0 Å². The van der Waals surface area contributed by atoms with Crippen LogP contribution in [0.4, 0.5) is 0 Å². The van der Waals surface area contributed by atoms with E-state index in [1.807, 2.05) is 12.1 Å². The number of esters is 1. The summed E-state index contributed by atoms with van der Waals surface area (Å²) in [5, 5.41) is 1.91. The molecule has 0 fully saturated rings. The Hall–Kier alpha value is -1.48. The van der Waals surface area contributed by atoms with Crippen molar-refractivity contribution in [3.05, 3.63) is 34.5 Å². The molecule has 4 heteroatoms. The highest BCUT2D eigenvalue weighted by atomic mass is 35.5. The first-order valence-corrected chi connectivity index (χ1v) is 7.85. The molecule has 0 saturated heterocycles. The largest absolute Gasteiger partial charge is 0.469 e. The van der Waals surface area contributed by atoms with Crippen molar-refractivity contribution in [1.82, 2.24) is 4.98 Å². The number of H-pyrrole nitrogens is 1. The Balaban J connectivity index is 2.19. The molecule has 1 heterocycles. The second-order valence-electron chi connectivity index (χ2n) is 5.88. The monoisotopic (exact) mass is 305 g/mol. The molecule has 1 aliphatic rings. The average Bonchev–Trinajstić information content (AvgIpc) is 2.88. The molecule has 0 bridgehead atoms. The predicted molar refractivity (Wildman–Crippen MR) is 84.8 cm³/mol. The summed E-state index contributed by atoms with van der Waals surface area (Å²) in [6, 6.07) is 5.94. The topological polar surface area (TPSA) is 42.1 Å². The van der Waals surface area contributed by atoms with Crippen molar-refractivity contribution in [1.29, 1.82) is 0 Å². The van der Waals surface area contributed by atoms with E-state index in [1.54, 1.807) is 0 Å². The molecule has 0 spiro atoms. The standard InChI is InChI=1S/C17H20ClNO2/c1-3-17(10-14(20)21-2)9-5-6-11-15-12(18)7-4-8-13(15)19-16(11)17/h4,7-8,19H,3,5-6,9-10H2,1-2H3. The van der Waals surface area contributed by atoms with Crippen LogP contribution in [-0.2, 0) is 21.4 Å². The summed E-state index contributed by atoms with van der Waals surface area (Å²) in [7, 11) is 1.46. The number of hydrogen-bond donors (Lipinski definition) is 1. The number of aromatic nitrogens is 1. The number of hydrogen-bond acceptors (Lipinski definition) is 2. The maximum Gasteiger partial charge on any atom is 0.306 e. The lowest BCUT2D eigenvalue weighted by atomic mass is 9.69. The van der Waals surface area contributed by atoms with Gasteiger partial charge in [-0.25, -0.2) is 0 Å². The molecule has 1 atom stereocenters. The Labute approximate surface area is 129 Å². The van der Waals surface area contributed by atoms with E-state index in [0.29, 0.717) is 6.42 Å². The molecule has 1 unspecified atom stereocenters. The van der Waals surface area contributed by atoms with E-state index < -0.39 is 0 Å². The van der Waals surface area contributed by atoms with Crippen molar-refractivity contribution in [2.45, 2.75) is 44.4 Å². The minimum absolute atomic E-state index is 0.144. The lowest BCUT2D eigenvalue weighted by Crippen LogP contribution is -2.33. The number of nitrogens with one attached hydrogen (secondary N) is 1. The average molecular weight is 306 g/mol. The number of methoxy groups -OCH3 is 1. The first-order chi connectivity index (χ1) is 10.1. The Morgan fingerprint density at radius 2 is 2.29 bits per heavy atom. The molecule has 1 aliphatic carbocycles. The number of benzene rings is 1. The zero-order chi connectivity index (χ0) is 15.0. The lowest BCUT2D eigenvalue weighted by molar-refractivity contribution is -0.142. The van der Waals surface area contributed by atoms with Crippen LogP contribution in [0.15, 0.2) is 18.2 Å². The zero-order valence-corrected chi connectivity index (χ0v) is 13.2. The predicted octanol–water partition coefficient (Wildman–Crippen LogP) is 4.37. The van der Waals surface area contributed by atoms with Crippen molar-refractivity contribution in [2.75, 3.05) is 7.11 Å². The van der Waals surface area contributed by atoms with Gasteiger partial charge in [-0.05, 0) is 43.4 Å². The van der Waals surface area contributed by atoms with E-state index in [-0.39, 0.29) is 11.4 Å². The van der Waals surface area contributed by atoms with E-state index in [0.717, 1.165) is 41.6 Å². The molecule has 0 amide bonds. The van der Waals surface area contributed by atoms with Gasteiger partial charge in [0.15, 0.2) is 0 Å². The van der Waals surface area contributed by atoms with Gasteiger partial charge >= 0.3 is 5.97 Å². The highest BCUT2D eigenvalue weighted by Gasteiger charge is 2.39. The molecular formula is C17H20ClNO2. The minimum atomic E-state index is -0.150. The number of halogens is 1. The maximum absolute atomic E-state index is 11.9. The van der Waals surface area contributed by atoms with Gasteiger partial charge < -0.3 is 9.72 Å². The number of carbonyl (C=O) groups excluding carboxylic acids is 1. The summed E-state index contributed by atoms with van der Waals surface area (Å²) in [5.74, 6) is -0.144. The Bertz CT molecular complexity index is 691. The molecule has 112 valence electrons. The Morgan fingerprint density at radius 1 is 1.48 bits per heavy atom. The molecule has 2 aromatic rings. The fourth-order valence-electron chi connectivity index (χ4n) is 3.71. The number of aromatic amines is 1. The number of aryl methyl sites for hydroxylation is 1. The Morgan fingerprint density at radius 3 is 3.00 bits per heavy atom. The fraction of sp³-hybridized carbons (Fsp3) is 0.471. The van der Waals surface area contributed by atoms with Gasteiger partial charge in [0.25, 0.3) is 0 Å². The third-order valence-corrected chi connectivity index (χ3v) is 5.19. The van der Waals surface area contributed by atoms with Gasteiger partial charge in [0.2, 0.25) is 0 Å². The van der Waals surface area contributed by atoms with Gasteiger partial charge in [0.05, 0.1) is 18.6 Å². The maximum atomic E-state index is 11.9. The van der Waals surface area contributed by atoms with E-state index in [1.165, 1.54) is 18.4 Å². The minimum Gasteiger partial charge on any atom is -0.469 e. The number of fused-ring (bicyclic) bond motifs is 3. The smallest absolute Gasteiger partial charge is 0.306 e. The van der Waals surface area contributed by atoms with Crippen LogP contribution in [0.25, 0.3) is 10.9 Å². The summed E-state index contributed by atoms with van der Waals surface area (Å²) in [4.78, 5) is 15.4. The van der Waals surface area contributed by atoms with Crippen molar-refractivity contribution < 1.29 is 9.53 Å². The van der Waals surface area contributed by atoms with Crippen molar-refractivity contribution in [3.63, 3.8) is 0 Å². The van der Waals surface area contributed by atoms with Crippen LogP contribution >= 0.6 is 11.6 Å². The highest BCUT2D eigenvalue weighted by Crippen LogP contribution is 2.46. The van der Waals surface area contributed by atoms with Crippen LogP contribution in [0.2, 0.25) is 5.02 Å². The summed E-state index contributed by atoms with van der Waals surface area (Å²) < 4.78 is 4.91. The lowest BCUT2D eigenvalue weighted by Gasteiger charge is -2.35. The normalized spacial score (nSPS) is 21.3. The zero-order valence-electron chi connectivity index (χ0n) is 12.5. The van der Waals surface area contributed by atoms with E-state index in [2.05, 4.69) is 18.0 Å². The van der Waals surface area contributed by atoms with Crippen molar-refractivity contribution in [3.8, 4) is 0 Å². The molecule has 1 N–H and O–H groups in total. The summed E-state index contributed by atoms with van der Waals surface area (Å²) in [6.07, 6.45) is 4.45. The third kappa shape index (κ3) is 2.24. The number of carbonyl (C=O) groups is 1. The van der Waals surface area contributed by atoms with Gasteiger partial charge in [-0.2, -0.15) is 0 Å². The molecule has 0 aliphatic heterocycles. The van der Waals surface area contributed by atoms with Crippen molar-refractivity contribution >= 4 is 28.5 Å². The SMILES string of the molecule is CCC1(CC(=O)OC)CCCc2c1[nH]c1cccc(Cl)c21. The van der Waals surface area contributed by atoms with Crippen LogP contribution in [0.3, 0.4) is 0 Å². The van der Waals surface area contributed by atoms with Crippen molar-refractivity contribution in [2.24, 2.45) is 0 Å². The number of ether oxygens (including phenoxy) is 1. The highest BCUT2D eigenvalue weighted by molar-refractivity contribution is 6.35. The second kappa shape index (κ2) is 5.38. The molecule has 1 aromatic carbocycles. The van der Waals surface area contributed by atoms with Crippen LogP contribution < -0.4 is 0 Å². The molecule has 0 radical (unpaired) electrons. The molecule has 3 rings (SSSR count). The van der Waals surface area contributed by atoms with E-state index in [4.69, 9.17) is 16.3 Å². The first-order valence-electron chi connectivity index (χ1n) is 7.47. The molecular weight excluding hydrogens is 286 g/mol.